The van der Waals surface area contributed by atoms with Crippen LogP contribution in [0.15, 0.2) is 6.07 Å². The molecular weight excluding hydrogens is 205 g/mol. The number of rotatable bonds is 2. The molecule has 1 aliphatic rings. The Hall–Kier alpha value is -1.56. The van der Waals surface area contributed by atoms with Crippen molar-refractivity contribution in [1.82, 2.24) is 0 Å². The van der Waals surface area contributed by atoms with E-state index in [1.54, 1.807) is 21.0 Å². The van der Waals surface area contributed by atoms with Gasteiger partial charge in [0.25, 0.3) is 0 Å². The summed E-state index contributed by atoms with van der Waals surface area (Å²) in [6, 6.07) is 3.76. The molecule has 3 heteroatoms. The molecule has 0 bridgehead atoms. The molecule has 0 N–H and O–H groups in total. The highest BCUT2D eigenvalue weighted by Gasteiger charge is 2.48. The molecule has 0 aromatic heterocycles. The van der Waals surface area contributed by atoms with Gasteiger partial charge in [-0.1, -0.05) is 0 Å². The van der Waals surface area contributed by atoms with E-state index in [1.165, 1.54) is 6.07 Å². The van der Waals surface area contributed by atoms with E-state index in [1.807, 2.05) is 0 Å². The zero-order valence-electron chi connectivity index (χ0n) is 9.72. The Morgan fingerprint density at radius 1 is 1.44 bits per heavy atom. The first-order valence-electron chi connectivity index (χ1n) is 5.31. The normalized spacial score (nSPS) is 16.7. The highest BCUT2D eigenvalue weighted by molar-refractivity contribution is 5.55. The molecule has 1 fully saturated rings. The van der Waals surface area contributed by atoms with Crippen LogP contribution >= 0.6 is 0 Å². The molecular formula is C13H14FNO. The van der Waals surface area contributed by atoms with Crippen molar-refractivity contribution in [3.8, 4) is 11.8 Å². The van der Waals surface area contributed by atoms with Gasteiger partial charge in [0.15, 0.2) is 0 Å². The Kier molecular flexibility index (Phi) is 2.38. The molecule has 1 aliphatic carbocycles. The second-order valence-corrected chi connectivity index (χ2v) is 4.40. The second kappa shape index (κ2) is 3.48. The minimum atomic E-state index is -0.512. The van der Waals surface area contributed by atoms with Crippen molar-refractivity contribution >= 4 is 0 Å². The minimum Gasteiger partial charge on any atom is -0.496 e. The van der Waals surface area contributed by atoms with E-state index in [9.17, 15) is 9.65 Å². The van der Waals surface area contributed by atoms with Crippen LogP contribution in [-0.2, 0) is 5.41 Å². The lowest BCUT2D eigenvalue weighted by Crippen LogP contribution is -2.10. The van der Waals surface area contributed by atoms with E-state index in [-0.39, 0.29) is 5.82 Å². The van der Waals surface area contributed by atoms with Crippen molar-refractivity contribution < 1.29 is 9.13 Å². The summed E-state index contributed by atoms with van der Waals surface area (Å²) in [7, 11) is 1.57. The van der Waals surface area contributed by atoms with E-state index < -0.39 is 5.41 Å². The first kappa shape index (κ1) is 10.9. The average Bonchev–Trinajstić information content (AvgIpc) is 3.03. The van der Waals surface area contributed by atoms with Crippen LogP contribution < -0.4 is 4.74 Å². The standard InChI is InChI=1S/C13H14FNO/c1-8-6-10(14)9(2)11(12(8)16-3)13(7-15)4-5-13/h6H,4-5H2,1-3H3. The van der Waals surface area contributed by atoms with E-state index in [2.05, 4.69) is 6.07 Å². The van der Waals surface area contributed by atoms with Crippen LogP contribution in [0.4, 0.5) is 4.39 Å². The Balaban J connectivity index is 2.72. The van der Waals surface area contributed by atoms with Gasteiger partial charge in [-0.25, -0.2) is 4.39 Å². The second-order valence-electron chi connectivity index (χ2n) is 4.40. The Labute approximate surface area is 94.7 Å². The molecule has 0 spiro atoms. The maximum atomic E-state index is 13.7. The van der Waals surface area contributed by atoms with Gasteiger partial charge in [-0.05, 0) is 43.9 Å². The lowest BCUT2D eigenvalue weighted by atomic mass is 9.90. The first-order valence-corrected chi connectivity index (χ1v) is 5.31. The van der Waals surface area contributed by atoms with Crippen molar-refractivity contribution in [2.24, 2.45) is 0 Å². The van der Waals surface area contributed by atoms with Gasteiger partial charge in [0.2, 0.25) is 0 Å². The molecule has 1 aromatic rings. The van der Waals surface area contributed by atoms with Crippen LogP contribution in [0, 0.1) is 31.0 Å². The summed E-state index contributed by atoms with van der Waals surface area (Å²) >= 11 is 0. The summed E-state index contributed by atoms with van der Waals surface area (Å²) < 4.78 is 19.0. The molecule has 1 saturated carbocycles. The van der Waals surface area contributed by atoms with Gasteiger partial charge >= 0.3 is 0 Å². The van der Waals surface area contributed by atoms with Crippen molar-refractivity contribution in [3.63, 3.8) is 0 Å². The lowest BCUT2D eigenvalue weighted by molar-refractivity contribution is 0.401. The fraction of sp³-hybridized carbons (Fsp3) is 0.462. The number of hydrogen-bond acceptors (Lipinski definition) is 2. The van der Waals surface area contributed by atoms with E-state index in [0.29, 0.717) is 11.3 Å². The van der Waals surface area contributed by atoms with Crippen LogP contribution in [0.2, 0.25) is 0 Å². The molecule has 0 radical (unpaired) electrons. The predicted octanol–water partition coefficient (Wildman–Crippen LogP) is 3.01. The average molecular weight is 219 g/mol. The van der Waals surface area contributed by atoms with Crippen molar-refractivity contribution in [3.05, 3.63) is 28.6 Å². The largest absolute Gasteiger partial charge is 0.496 e. The fourth-order valence-corrected chi connectivity index (χ4v) is 2.23. The van der Waals surface area contributed by atoms with Crippen molar-refractivity contribution in [1.29, 1.82) is 5.26 Å². The monoisotopic (exact) mass is 219 g/mol. The van der Waals surface area contributed by atoms with Gasteiger partial charge in [0.1, 0.15) is 11.6 Å². The van der Waals surface area contributed by atoms with Crippen LogP contribution in [0.5, 0.6) is 5.75 Å². The molecule has 0 aliphatic heterocycles. The Morgan fingerprint density at radius 2 is 2.06 bits per heavy atom. The third kappa shape index (κ3) is 1.37. The number of aryl methyl sites for hydroxylation is 1. The zero-order valence-corrected chi connectivity index (χ0v) is 9.72. The molecule has 0 unspecified atom stereocenters. The smallest absolute Gasteiger partial charge is 0.127 e. The van der Waals surface area contributed by atoms with Crippen molar-refractivity contribution in [2.75, 3.05) is 7.11 Å². The van der Waals surface area contributed by atoms with Gasteiger partial charge < -0.3 is 4.74 Å². The number of ether oxygens (including phenoxy) is 1. The van der Waals surface area contributed by atoms with E-state index in [0.717, 1.165) is 24.0 Å². The van der Waals surface area contributed by atoms with Gasteiger partial charge in [-0.2, -0.15) is 5.26 Å². The minimum absolute atomic E-state index is 0.255. The predicted molar refractivity (Wildman–Crippen MR) is 59.0 cm³/mol. The maximum Gasteiger partial charge on any atom is 0.127 e. The van der Waals surface area contributed by atoms with Gasteiger partial charge in [0.05, 0.1) is 18.6 Å². The fourth-order valence-electron chi connectivity index (χ4n) is 2.23. The summed E-state index contributed by atoms with van der Waals surface area (Å²) in [4.78, 5) is 0. The summed E-state index contributed by atoms with van der Waals surface area (Å²) in [5, 5.41) is 9.21. The molecule has 2 nitrogen and oxygen atoms in total. The number of nitriles is 1. The Bertz CT molecular complexity index is 484. The topological polar surface area (TPSA) is 33.0 Å². The van der Waals surface area contributed by atoms with E-state index >= 15 is 0 Å². The number of halogens is 1. The summed E-state index contributed by atoms with van der Waals surface area (Å²) in [6.45, 7) is 3.52. The van der Waals surface area contributed by atoms with Crippen molar-refractivity contribution in [2.45, 2.75) is 32.1 Å². The SMILES string of the molecule is COc1c(C)cc(F)c(C)c1C1(C#N)CC1. The molecule has 0 saturated heterocycles. The lowest BCUT2D eigenvalue weighted by Gasteiger charge is -2.18. The van der Waals surface area contributed by atoms with Gasteiger partial charge in [-0.3, -0.25) is 0 Å². The molecule has 0 atom stereocenters. The molecule has 1 aromatic carbocycles. The number of benzene rings is 1. The van der Waals surface area contributed by atoms with Gasteiger partial charge in [0, 0.05) is 5.56 Å². The summed E-state index contributed by atoms with van der Waals surface area (Å²) in [5.41, 5.74) is 1.53. The number of nitrogens with zero attached hydrogens (tertiary/aromatic N) is 1. The molecule has 2 rings (SSSR count). The quantitative estimate of drug-likeness (QED) is 0.766. The van der Waals surface area contributed by atoms with Crippen LogP contribution in [0.25, 0.3) is 0 Å². The molecule has 16 heavy (non-hydrogen) atoms. The van der Waals surface area contributed by atoms with E-state index in [4.69, 9.17) is 4.74 Å². The third-order valence-electron chi connectivity index (χ3n) is 3.31. The number of hydrogen-bond donors (Lipinski definition) is 0. The first-order chi connectivity index (χ1) is 7.55. The highest BCUT2D eigenvalue weighted by Crippen LogP contribution is 2.53. The number of methoxy groups -OCH3 is 1. The van der Waals surface area contributed by atoms with Crippen LogP contribution in [-0.4, -0.2) is 7.11 Å². The summed E-state index contributed by atoms with van der Waals surface area (Å²) in [5.74, 6) is 0.410. The molecule has 0 heterocycles. The van der Waals surface area contributed by atoms with Gasteiger partial charge in [-0.15, -0.1) is 0 Å². The zero-order chi connectivity index (χ0) is 11.9. The molecule has 0 amide bonds. The summed E-state index contributed by atoms with van der Waals surface area (Å²) in [6.07, 6.45) is 1.59. The Morgan fingerprint density at radius 3 is 2.50 bits per heavy atom. The maximum absolute atomic E-state index is 13.7. The molecule has 84 valence electrons. The van der Waals surface area contributed by atoms with Crippen LogP contribution in [0.1, 0.15) is 29.5 Å². The highest BCUT2D eigenvalue weighted by atomic mass is 19.1. The van der Waals surface area contributed by atoms with Crippen LogP contribution in [0.3, 0.4) is 0 Å². The third-order valence-corrected chi connectivity index (χ3v) is 3.31.